The van der Waals surface area contributed by atoms with Crippen molar-refractivity contribution in [3.8, 4) is 11.5 Å². The number of esters is 1. The largest absolute Gasteiger partial charge is 0.454 e. The molecule has 1 aliphatic heterocycles. The van der Waals surface area contributed by atoms with Crippen molar-refractivity contribution < 1.29 is 28.2 Å². The van der Waals surface area contributed by atoms with Gasteiger partial charge in [0.1, 0.15) is 5.82 Å². The molecule has 3 rings (SSSR count). The summed E-state index contributed by atoms with van der Waals surface area (Å²) in [5, 5.41) is 2.58. The predicted molar refractivity (Wildman–Crippen MR) is 90.7 cm³/mol. The van der Waals surface area contributed by atoms with Gasteiger partial charge in [-0.1, -0.05) is 17.7 Å². The number of fused-ring (bicyclic) bond motifs is 1. The zero-order chi connectivity index (χ0) is 18.7. The molecule has 0 saturated heterocycles. The summed E-state index contributed by atoms with van der Waals surface area (Å²) in [6, 6.07) is 8.61. The number of ether oxygens (including phenoxy) is 3. The van der Waals surface area contributed by atoms with Crippen LogP contribution in [0, 0.1) is 5.82 Å². The van der Waals surface area contributed by atoms with Gasteiger partial charge in [-0.25, -0.2) is 9.18 Å². The van der Waals surface area contributed by atoms with Crippen LogP contribution < -0.4 is 14.8 Å². The minimum Gasteiger partial charge on any atom is -0.454 e. The molecule has 0 unspecified atom stereocenters. The van der Waals surface area contributed by atoms with Crippen molar-refractivity contribution in [1.29, 1.82) is 0 Å². The lowest BCUT2D eigenvalue weighted by atomic mass is 10.2. The Morgan fingerprint density at radius 1 is 1.23 bits per heavy atom. The Balaban J connectivity index is 1.55. The maximum atomic E-state index is 13.0. The number of hydrogen-bond acceptors (Lipinski definition) is 5. The van der Waals surface area contributed by atoms with Gasteiger partial charge in [-0.05, 0) is 42.8 Å². The summed E-state index contributed by atoms with van der Waals surface area (Å²) in [5.74, 6) is -0.586. The van der Waals surface area contributed by atoms with Gasteiger partial charge in [0.05, 0.1) is 10.6 Å². The number of hydrogen-bond donors (Lipinski definition) is 1. The highest BCUT2D eigenvalue weighted by Gasteiger charge is 2.21. The van der Waals surface area contributed by atoms with Gasteiger partial charge in [0.2, 0.25) is 6.79 Å². The molecule has 8 heteroatoms. The molecule has 0 fully saturated rings. The number of benzene rings is 2. The molecule has 1 heterocycles. The van der Waals surface area contributed by atoms with E-state index in [4.69, 9.17) is 25.8 Å². The van der Waals surface area contributed by atoms with Crippen molar-refractivity contribution in [2.45, 2.75) is 19.6 Å². The highest BCUT2D eigenvalue weighted by atomic mass is 35.5. The first-order valence-electron chi connectivity index (χ1n) is 7.76. The molecule has 2 aromatic carbocycles. The molecular weight excluding hydrogens is 365 g/mol. The van der Waals surface area contributed by atoms with Crippen molar-refractivity contribution in [2.24, 2.45) is 0 Å². The normalized spacial score (nSPS) is 13.2. The van der Waals surface area contributed by atoms with Gasteiger partial charge in [-0.15, -0.1) is 0 Å². The van der Waals surface area contributed by atoms with E-state index in [2.05, 4.69) is 5.32 Å². The van der Waals surface area contributed by atoms with Crippen LogP contribution >= 0.6 is 11.6 Å². The van der Waals surface area contributed by atoms with E-state index >= 15 is 0 Å². The molecule has 0 aromatic heterocycles. The van der Waals surface area contributed by atoms with E-state index in [-0.39, 0.29) is 23.9 Å². The second kappa shape index (κ2) is 7.61. The van der Waals surface area contributed by atoms with Crippen molar-refractivity contribution >= 4 is 23.5 Å². The summed E-state index contributed by atoms with van der Waals surface area (Å²) in [6.07, 6.45) is -1.04. The molecule has 6 nitrogen and oxygen atoms in total. The van der Waals surface area contributed by atoms with Crippen LogP contribution in [0.1, 0.15) is 22.8 Å². The number of halogens is 2. The molecule has 26 heavy (non-hydrogen) atoms. The van der Waals surface area contributed by atoms with Gasteiger partial charge < -0.3 is 19.5 Å². The van der Waals surface area contributed by atoms with Gasteiger partial charge in [-0.2, -0.15) is 0 Å². The lowest BCUT2D eigenvalue weighted by Gasteiger charge is -2.14. The molecule has 1 N–H and O–H groups in total. The van der Waals surface area contributed by atoms with Gasteiger partial charge in [0, 0.05) is 6.54 Å². The molecule has 0 bridgehead atoms. The molecule has 136 valence electrons. The molecule has 0 aliphatic carbocycles. The minimum atomic E-state index is -1.04. The zero-order valence-electron chi connectivity index (χ0n) is 13.8. The van der Waals surface area contributed by atoms with E-state index in [1.807, 2.05) is 0 Å². The third-order valence-corrected chi connectivity index (χ3v) is 4.02. The molecule has 2 aromatic rings. The fourth-order valence-electron chi connectivity index (χ4n) is 2.32. The third-order valence-electron chi connectivity index (χ3n) is 3.71. The maximum absolute atomic E-state index is 13.0. The Hall–Kier alpha value is -2.80. The average molecular weight is 380 g/mol. The SMILES string of the molecule is C[C@@H](OC(=O)c1ccc(F)cc1Cl)C(=O)NCc1ccc2c(c1)OCO2. The lowest BCUT2D eigenvalue weighted by molar-refractivity contribution is -0.129. The van der Waals surface area contributed by atoms with Gasteiger partial charge in [0.25, 0.3) is 5.91 Å². The molecular formula is C18H15ClFNO5. The third kappa shape index (κ3) is 4.05. The summed E-state index contributed by atoms with van der Waals surface area (Å²) >= 11 is 5.81. The summed E-state index contributed by atoms with van der Waals surface area (Å²) in [4.78, 5) is 24.2. The minimum absolute atomic E-state index is 0.0107. The fraction of sp³-hybridized carbons (Fsp3) is 0.222. The Labute approximate surface area is 153 Å². The Bertz CT molecular complexity index is 857. The monoisotopic (exact) mass is 379 g/mol. The Morgan fingerprint density at radius 3 is 2.77 bits per heavy atom. The number of rotatable bonds is 5. The van der Waals surface area contributed by atoms with Crippen LogP contribution in [-0.4, -0.2) is 24.8 Å². The number of carbonyl (C=O) groups excluding carboxylic acids is 2. The predicted octanol–water partition coefficient (Wildman–Crippen LogP) is 3.07. The van der Waals surface area contributed by atoms with Gasteiger partial charge in [0.15, 0.2) is 17.6 Å². The second-order valence-corrected chi connectivity index (χ2v) is 5.98. The molecule has 0 radical (unpaired) electrons. The van der Waals surface area contributed by atoms with Crippen LogP contribution in [-0.2, 0) is 16.1 Å². The van der Waals surface area contributed by atoms with Crippen molar-refractivity contribution in [1.82, 2.24) is 5.32 Å². The molecule has 1 atom stereocenters. The van der Waals surface area contributed by atoms with E-state index in [0.29, 0.717) is 11.5 Å². The van der Waals surface area contributed by atoms with E-state index in [0.717, 1.165) is 17.7 Å². The lowest BCUT2D eigenvalue weighted by Crippen LogP contribution is -2.35. The van der Waals surface area contributed by atoms with Crippen LogP contribution in [0.4, 0.5) is 4.39 Å². The molecule has 0 saturated carbocycles. The molecule has 1 aliphatic rings. The van der Waals surface area contributed by atoms with Crippen LogP contribution in [0.5, 0.6) is 11.5 Å². The smallest absolute Gasteiger partial charge is 0.340 e. The summed E-state index contributed by atoms with van der Waals surface area (Å²) in [7, 11) is 0. The van der Waals surface area contributed by atoms with Crippen LogP contribution in [0.2, 0.25) is 5.02 Å². The van der Waals surface area contributed by atoms with Crippen molar-refractivity contribution in [3.63, 3.8) is 0 Å². The molecule has 0 spiro atoms. The van der Waals surface area contributed by atoms with Crippen molar-refractivity contribution in [3.05, 3.63) is 58.4 Å². The Kier molecular flexibility index (Phi) is 5.27. The summed E-state index contributed by atoms with van der Waals surface area (Å²) in [5.41, 5.74) is 0.797. The number of nitrogens with one attached hydrogen (secondary N) is 1. The highest BCUT2D eigenvalue weighted by molar-refractivity contribution is 6.33. The summed E-state index contributed by atoms with van der Waals surface area (Å²) in [6.45, 7) is 1.84. The number of carbonyl (C=O) groups is 2. The summed E-state index contributed by atoms with van der Waals surface area (Å²) < 4.78 is 28.6. The first-order chi connectivity index (χ1) is 12.4. The topological polar surface area (TPSA) is 73.9 Å². The van der Waals surface area contributed by atoms with E-state index in [1.165, 1.54) is 13.0 Å². The average Bonchev–Trinajstić information content (AvgIpc) is 3.07. The van der Waals surface area contributed by atoms with Crippen LogP contribution in [0.25, 0.3) is 0 Å². The highest BCUT2D eigenvalue weighted by Crippen LogP contribution is 2.32. The quantitative estimate of drug-likeness (QED) is 0.808. The van der Waals surface area contributed by atoms with Gasteiger partial charge in [-0.3, -0.25) is 4.79 Å². The van der Waals surface area contributed by atoms with Gasteiger partial charge >= 0.3 is 5.97 Å². The zero-order valence-corrected chi connectivity index (χ0v) is 14.5. The second-order valence-electron chi connectivity index (χ2n) is 5.58. The fourth-order valence-corrected chi connectivity index (χ4v) is 2.56. The van der Waals surface area contributed by atoms with E-state index in [9.17, 15) is 14.0 Å². The number of amides is 1. The maximum Gasteiger partial charge on any atom is 0.340 e. The molecule has 1 amide bonds. The Morgan fingerprint density at radius 2 is 2.00 bits per heavy atom. The van der Waals surface area contributed by atoms with E-state index < -0.39 is 23.8 Å². The van der Waals surface area contributed by atoms with Crippen molar-refractivity contribution in [2.75, 3.05) is 6.79 Å². The van der Waals surface area contributed by atoms with Crippen LogP contribution in [0.15, 0.2) is 36.4 Å². The standard InChI is InChI=1S/C18H15ClFNO5/c1-10(26-18(23)13-4-3-12(20)7-14(13)19)17(22)21-8-11-2-5-15-16(6-11)25-9-24-15/h2-7,10H,8-9H2,1H3,(H,21,22)/t10-/m1/s1. The first kappa shape index (κ1) is 18.0. The van der Waals surface area contributed by atoms with E-state index in [1.54, 1.807) is 18.2 Å². The first-order valence-corrected chi connectivity index (χ1v) is 8.14. The van der Waals surface area contributed by atoms with Crippen LogP contribution in [0.3, 0.4) is 0 Å².